The quantitative estimate of drug-likeness (QED) is 0.844. The van der Waals surface area contributed by atoms with Gasteiger partial charge in [0.05, 0.1) is 5.92 Å². The van der Waals surface area contributed by atoms with Crippen LogP contribution in [-0.2, 0) is 4.79 Å². The molecule has 0 aliphatic heterocycles. The van der Waals surface area contributed by atoms with E-state index in [1.165, 1.54) is 18.2 Å². The normalized spacial score (nSPS) is 21.4. The highest BCUT2D eigenvalue weighted by molar-refractivity contribution is 6.35. The molecule has 4 nitrogen and oxygen atoms in total. The number of carbonyl (C=O) groups is 2. The summed E-state index contributed by atoms with van der Waals surface area (Å²) in [5.41, 5.74) is 0.352. The Morgan fingerprint density at radius 1 is 1.16 bits per heavy atom. The molecule has 6 heteroatoms. The predicted molar refractivity (Wildman–Crippen MR) is 72.6 cm³/mol. The molecule has 0 spiro atoms. The number of carboxylic acids is 1. The van der Waals surface area contributed by atoms with E-state index in [9.17, 15) is 9.59 Å². The van der Waals surface area contributed by atoms with Gasteiger partial charge in [-0.1, -0.05) is 35.4 Å². The number of amides is 1. The average molecular weight is 300 g/mol. The van der Waals surface area contributed by atoms with Crippen molar-refractivity contribution in [3.8, 4) is 0 Å². The molecule has 100 valence electrons. The zero-order valence-electron chi connectivity index (χ0n) is 9.77. The fourth-order valence-electron chi connectivity index (χ4n) is 1.93. The summed E-state index contributed by atoms with van der Waals surface area (Å²) in [6, 6.07) is 4.27. The van der Waals surface area contributed by atoms with E-state index in [0.29, 0.717) is 22.0 Å². The third-order valence-corrected chi connectivity index (χ3v) is 3.28. The second-order valence-corrected chi connectivity index (χ2v) is 5.18. The summed E-state index contributed by atoms with van der Waals surface area (Å²) in [7, 11) is 0. The summed E-state index contributed by atoms with van der Waals surface area (Å²) >= 11 is 11.6. The molecule has 2 rings (SSSR count). The molecule has 1 aromatic carbocycles. The number of benzene rings is 1. The van der Waals surface area contributed by atoms with Gasteiger partial charge in [0.1, 0.15) is 0 Å². The molecule has 2 N–H and O–H groups in total. The van der Waals surface area contributed by atoms with Crippen molar-refractivity contribution in [1.82, 2.24) is 5.32 Å². The van der Waals surface area contributed by atoms with Crippen molar-refractivity contribution in [2.75, 3.05) is 0 Å². The van der Waals surface area contributed by atoms with E-state index in [2.05, 4.69) is 5.32 Å². The molecule has 2 atom stereocenters. The predicted octanol–water partition coefficient (Wildman–Crippen LogP) is 2.75. The van der Waals surface area contributed by atoms with Crippen molar-refractivity contribution >= 4 is 35.1 Å². The number of rotatable bonds is 3. The number of nitrogens with one attached hydrogen (secondary N) is 1. The van der Waals surface area contributed by atoms with Gasteiger partial charge in [0.25, 0.3) is 5.91 Å². The minimum Gasteiger partial charge on any atom is -0.481 e. The Hall–Kier alpha value is -1.52. The maximum absolute atomic E-state index is 12.0. The number of hydrogen-bond donors (Lipinski definition) is 2. The Morgan fingerprint density at radius 3 is 2.32 bits per heavy atom. The van der Waals surface area contributed by atoms with E-state index in [-0.39, 0.29) is 11.9 Å². The Balaban J connectivity index is 2.02. The van der Waals surface area contributed by atoms with Gasteiger partial charge in [-0.25, -0.2) is 0 Å². The minimum absolute atomic E-state index is 0.286. The highest BCUT2D eigenvalue weighted by Gasteiger charge is 2.25. The largest absolute Gasteiger partial charge is 0.481 e. The van der Waals surface area contributed by atoms with Crippen molar-refractivity contribution < 1.29 is 14.7 Å². The van der Waals surface area contributed by atoms with Crippen molar-refractivity contribution in [1.29, 1.82) is 0 Å². The molecule has 1 amide bonds. The summed E-state index contributed by atoms with van der Waals surface area (Å²) in [6.45, 7) is 0. The van der Waals surface area contributed by atoms with E-state index < -0.39 is 11.9 Å². The van der Waals surface area contributed by atoms with Crippen LogP contribution in [0.2, 0.25) is 10.0 Å². The van der Waals surface area contributed by atoms with Gasteiger partial charge in [-0.15, -0.1) is 0 Å². The smallest absolute Gasteiger partial charge is 0.310 e. The summed E-state index contributed by atoms with van der Waals surface area (Å²) in [5, 5.41) is 12.3. The Bertz CT molecular complexity index is 537. The molecule has 0 heterocycles. The number of hydrogen-bond acceptors (Lipinski definition) is 2. The van der Waals surface area contributed by atoms with E-state index in [1.54, 1.807) is 12.2 Å². The van der Waals surface area contributed by atoms with Gasteiger partial charge in [-0.05, 0) is 24.6 Å². The second kappa shape index (κ2) is 5.63. The SMILES string of the molecule is O=C(NC1C=CC(C(=O)O)C1)c1cc(Cl)cc(Cl)c1. The third kappa shape index (κ3) is 3.49. The molecular weight excluding hydrogens is 289 g/mol. The van der Waals surface area contributed by atoms with Crippen LogP contribution in [0.15, 0.2) is 30.4 Å². The summed E-state index contributed by atoms with van der Waals surface area (Å²) < 4.78 is 0. The molecule has 0 aromatic heterocycles. The van der Waals surface area contributed by atoms with E-state index in [0.717, 1.165) is 0 Å². The standard InChI is InChI=1S/C13H11Cl2NO3/c14-9-3-8(4-10(15)6-9)12(17)16-11-2-1-7(5-11)13(18)19/h1-4,6-7,11H,5H2,(H,16,17)(H,18,19). The summed E-state index contributed by atoms with van der Waals surface area (Å²) in [5.74, 6) is -1.77. The maximum Gasteiger partial charge on any atom is 0.310 e. The van der Waals surface area contributed by atoms with Gasteiger partial charge in [0, 0.05) is 21.7 Å². The van der Waals surface area contributed by atoms with Crippen LogP contribution in [-0.4, -0.2) is 23.0 Å². The molecule has 0 radical (unpaired) electrons. The summed E-state index contributed by atoms with van der Waals surface area (Å²) in [4.78, 5) is 22.8. The molecular formula is C13H11Cl2NO3. The first-order chi connectivity index (χ1) is 8.95. The van der Waals surface area contributed by atoms with Crippen LogP contribution in [0.3, 0.4) is 0 Å². The minimum atomic E-state index is -0.890. The maximum atomic E-state index is 12.0. The first kappa shape index (κ1) is 13.9. The Morgan fingerprint density at radius 2 is 1.79 bits per heavy atom. The van der Waals surface area contributed by atoms with Gasteiger partial charge in [-0.2, -0.15) is 0 Å². The highest BCUT2D eigenvalue weighted by atomic mass is 35.5. The Labute approximate surface area is 120 Å². The monoisotopic (exact) mass is 299 g/mol. The molecule has 1 aliphatic carbocycles. The van der Waals surface area contributed by atoms with Crippen LogP contribution in [0.5, 0.6) is 0 Å². The molecule has 0 fully saturated rings. The van der Waals surface area contributed by atoms with Gasteiger partial charge >= 0.3 is 5.97 Å². The van der Waals surface area contributed by atoms with E-state index in [1.807, 2.05) is 0 Å². The summed E-state index contributed by atoms with van der Waals surface area (Å²) in [6.07, 6.45) is 3.62. The highest BCUT2D eigenvalue weighted by Crippen LogP contribution is 2.21. The van der Waals surface area contributed by atoms with E-state index >= 15 is 0 Å². The van der Waals surface area contributed by atoms with Crippen LogP contribution in [0.4, 0.5) is 0 Å². The fourth-order valence-corrected chi connectivity index (χ4v) is 2.45. The van der Waals surface area contributed by atoms with Crippen molar-refractivity contribution in [2.24, 2.45) is 5.92 Å². The molecule has 19 heavy (non-hydrogen) atoms. The number of aliphatic carboxylic acids is 1. The van der Waals surface area contributed by atoms with Crippen molar-refractivity contribution in [2.45, 2.75) is 12.5 Å². The number of carbonyl (C=O) groups excluding carboxylic acids is 1. The van der Waals surface area contributed by atoms with Crippen molar-refractivity contribution in [3.63, 3.8) is 0 Å². The molecule has 0 saturated heterocycles. The van der Waals surface area contributed by atoms with Crippen LogP contribution in [0.25, 0.3) is 0 Å². The lowest BCUT2D eigenvalue weighted by Crippen LogP contribution is -2.33. The van der Waals surface area contributed by atoms with Gasteiger partial charge in [0.15, 0.2) is 0 Å². The zero-order chi connectivity index (χ0) is 14.0. The van der Waals surface area contributed by atoms with Crippen molar-refractivity contribution in [3.05, 3.63) is 46.0 Å². The topological polar surface area (TPSA) is 66.4 Å². The lowest BCUT2D eigenvalue weighted by atomic mass is 10.1. The van der Waals surface area contributed by atoms with Crippen LogP contribution in [0, 0.1) is 5.92 Å². The van der Waals surface area contributed by atoms with Gasteiger partial charge in [-0.3, -0.25) is 9.59 Å². The van der Waals surface area contributed by atoms with E-state index in [4.69, 9.17) is 28.3 Å². The first-order valence-electron chi connectivity index (χ1n) is 5.64. The lowest BCUT2D eigenvalue weighted by Gasteiger charge is -2.12. The second-order valence-electron chi connectivity index (χ2n) is 4.30. The number of halogens is 2. The van der Waals surface area contributed by atoms with Crippen LogP contribution < -0.4 is 5.32 Å². The fraction of sp³-hybridized carbons (Fsp3) is 0.231. The first-order valence-corrected chi connectivity index (χ1v) is 6.39. The number of carboxylic acid groups (broad SMARTS) is 1. The average Bonchev–Trinajstić information content (AvgIpc) is 2.76. The Kier molecular flexibility index (Phi) is 4.12. The zero-order valence-corrected chi connectivity index (χ0v) is 11.3. The molecule has 0 bridgehead atoms. The lowest BCUT2D eigenvalue weighted by molar-refractivity contribution is -0.140. The van der Waals surface area contributed by atoms with Crippen LogP contribution >= 0.6 is 23.2 Å². The molecule has 0 saturated carbocycles. The van der Waals surface area contributed by atoms with Gasteiger partial charge in [0.2, 0.25) is 0 Å². The molecule has 1 aromatic rings. The molecule has 1 aliphatic rings. The van der Waals surface area contributed by atoms with Gasteiger partial charge < -0.3 is 10.4 Å². The van der Waals surface area contributed by atoms with Crippen LogP contribution in [0.1, 0.15) is 16.8 Å². The molecule has 2 unspecified atom stereocenters. The third-order valence-electron chi connectivity index (χ3n) is 2.84.